The number of ether oxygens (including phenoxy) is 2. The van der Waals surface area contributed by atoms with Crippen molar-refractivity contribution in [3.05, 3.63) is 65.9 Å². The first kappa shape index (κ1) is 21.5. The summed E-state index contributed by atoms with van der Waals surface area (Å²) in [5.41, 5.74) is 2.06. The molecule has 3 aromatic rings. The SMILES string of the molecule is COc1ccc(-c2cc(C(=O)NCc3cccc(O[C@@H]4C[C@H]5CC[C@@H](C4)N5C)c3)no2)cc1. The molecule has 2 aromatic carbocycles. The van der Waals surface area contributed by atoms with E-state index in [0.29, 0.717) is 24.4 Å². The second-order valence-corrected chi connectivity index (χ2v) is 8.90. The third-order valence-electron chi connectivity index (χ3n) is 6.83. The van der Waals surface area contributed by atoms with Gasteiger partial charge in [-0.2, -0.15) is 0 Å². The molecule has 0 radical (unpaired) electrons. The minimum Gasteiger partial charge on any atom is -0.497 e. The lowest BCUT2D eigenvalue weighted by Gasteiger charge is -2.36. The van der Waals surface area contributed by atoms with Crippen LogP contribution in [0, 0.1) is 0 Å². The molecule has 2 aliphatic heterocycles. The highest BCUT2D eigenvalue weighted by molar-refractivity contribution is 5.93. The van der Waals surface area contributed by atoms with Gasteiger partial charge in [0.1, 0.15) is 17.6 Å². The van der Waals surface area contributed by atoms with Gasteiger partial charge in [-0.05, 0) is 74.7 Å². The number of nitrogens with zero attached hydrogens (tertiary/aromatic N) is 2. The standard InChI is InChI=1S/C26H29N3O4/c1-29-19-8-9-20(29)14-23(13-19)32-22-5-3-4-17(12-22)16-27-26(30)24-15-25(33-28-24)18-6-10-21(31-2)11-7-18/h3-7,10-12,15,19-20,23H,8-9,13-14,16H2,1-2H3,(H,27,30)/t19-,20+,23-. The highest BCUT2D eigenvalue weighted by atomic mass is 16.5. The molecule has 2 aliphatic rings. The van der Waals surface area contributed by atoms with Gasteiger partial charge in [-0.25, -0.2) is 0 Å². The Morgan fingerprint density at radius 2 is 1.85 bits per heavy atom. The molecule has 1 aromatic heterocycles. The van der Waals surface area contributed by atoms with E-state index in [0.717, 1.165) is 35.5 Å². The van der Waals surface area contributed by atoms with Crippen LogP contribution in [0.4, 0.5) is 0 Å². The maximum Gasteiger partial charge on any atom is 0.273 e. The predicted molar refractivity (Wildman–Crippen MR) is 124 cm³/mol. The van der Waals surface area contributed by atoms with E-state index in [1.54, 1.807) is 13.2 Å². The van der Waals surface area contributed by atoms with Gasteiger partial charge in [0.25, 0.3) is 5.91 Å². The molecule has 3 heterocycles. The molecule has 7 nitrogen and oxygen atoms in total. The van der Waals surface area contributed by atoms with Crippen molar-refractivity contribution in [1.29, 1.82) is 0 Å². The molecule has 2 fully saturated rings. The second kappa shape index (κ2) is 9.27. The van der Waals surface area contributed by atoms with Gasteiger partial charge in [-0.1, -0.05) is 17.3 Å². The number of hydrogen-bond acceptors (Lipinski definition) is 6. The number of fused-ring (bicyclic) bond motifs is 2. The highest BCUT2D eigenvalue weighted by Crippen LogP contribution is 2.36. The maximum absolute atomic E-state index is 12.6. The van der Waals surface area contributed by atoms with Crippen molar-refractivity contribution in [1.82, 2.24) is 15.4 Å². The molecule has 5 rings (SSSR count). The number of piperidine rings is 1. The quantitative estimate of drug-likeness (QED) is 0.583. The Hall–Kier alpha value is -3.32. The van der Waals surface area contributed by atoms with Crippen LogP contribution < -0.4 is 14.8 Å². The molecule has 1 N–H and O–H groups in total. The van der Waals surface area contributed by atoms with Gasteiger partial charge in [0.05, 0.1) is 7.11 Å². The summed E-state index contributed by atoms with van der Waals surface area (Å²) < 4.78 is 16.8. The number of carbonyl (C=O) groups is 1. The van der Waals surface area contributed by atoms with Gasteiger partial charge in [0.15, 0.2) is 11.5 Å². The fourth-order valence-electron chi connectivity index (χ4n) is 4.93. The Bertz CT molecular complexity index is 1100. The fraction of sp³-hybridized carbons (Fsp3) is 0.385. The first-order valence-electron chi connectivity index (χ1n) is 11.5. The molecule has 172 valence electrons. The first-order chi connectivity index (χ1) is 16.1. The van der Waals surface area contributed by atoms with E-state index in [1.165, 1.54) is 12.8 Å². The molecular weight excluding hydrogens is 418 g/mol. The molecule has 0 saturated carbocycles. The smallest absolute Gasteiger partial charge is 0.273 e. The van der Waals surface area contributed by atoms with Gasteiger partial charge < -0.3 is 24.2 Å². The van der Waals surface area contributed by atoms with E-state index < -0.39 is 0 Å². The van der Waals surface area contributed by atoms with Crippen molar-refractivity contribution in [3.63, 3.8) is 0 Å². The molecule has 2 bridgehead atoms. The normalized spacial score (nSPS) is 22.2. The largest absolute Gasteiger partial charge is 0.497 e. The van der Waals surface area contributed by atoms with Crippen LogP contribution in [0.15, 0.2) is 59.1 Å². The van der Waals surface area contributed by atoms with E-state index in [-0.39, 0.29) is 17.7 Å². The van der Waals surface area contributed by atoms with Crippen molar-refractivity contribution in [3.8, 4) is 22.8 Å². The van der Waals surface area contributed by atoms with E-state index in [9.17, 15) is 4.79 Å². The van der Waals surface area contributed by atoms with Gasteiger partial charge in [-0.3, -0.25) is 4.79 Å². The van der Waals surface area contributed by atoms with Crippen LogP contribution in [-0.4, -0.2) is 48.3 Å². The van der Waals surface area contributed by atoms with Crippen LogP contribution in [0.5, 0.6) is 11.5 Å². The summed E-state index contributed by atoms with van der Waals surface area (Å²) in [4.78, 5) is 15.1. The zero-order valence-corrected chi connectivity index (χ0v) is 19.0. The van der Waals surface area contributed by atoms with Crippen LogP contribution in [0.25, 0.3) is 11.3 Å². The number of nitrogens with one attached hydrogen (secondary N) is 1. The summed E-state index contributed by atoms with van der Waals surface area (Å²) >= 11 is 0. The monoisotopic (exact) mass is 447 g/mol. The summed E-state index contributed by atoms with van der Waals surface area (Å²) in [5, 5.41) is 6.84. The van der Waals surface area contributed by atoms with Crippen LogP contribution in [0.2, 0.25) is 0 Å². The summed E-state index contributed by atoms with van der Waals surface area (Å²) in [7, 11) is 3.85. The third kappa shape index (κ3) is 4.73. The summed E-state index contributed by atoms with van der Waals surface area (Å²) in [5.74, 6) is 1.87. The Morgan fingerprint density at radius 1 is 1.09 bits per heavy atom. The average molecular weight is 448 g/mol. The predicted octanol–water partition coefficient (Wildman–Crippen LogP) is 4.28. The summed E-state index contributed by atoms with van der Waals surface area (Å²) in [6, 6.07) is 18.3. The average Bonchev–Trinajstić information content (AvgIpc) is 3.40. The van der Waals surface area contributed by atoms with Gasteiger partial charge in [0.2, 0.25) is 0 Å². The topological polar surface area (TPSA) is 76.8 Å². The molecular formula is C26H29N3O4. The summed E-state index contributed by atoms with van der Waals surface area (Å²) in [6.07, 6.45) is 4.97. The van der Waals surface area contributed by atoms with Crippen molar-refractivity contribution in [2.75, 3.05) is 14.2 Å². The van der Waals surface area contributed by atoms with Gasteiger partial charge in [-0.15, -0.1) is 0 Å². The van der Waals surface area contributed by atoms with E-state index >= 15 is 0 Å². The second-order valence-electron chi connectivity index (χ2n) is 8.90. The number of hydrogen-bond donors (Lipinski definition) is 1. The van der Waals surface area contributed by atoms with Crippen LogP contribution in [-0.2, 0) is 6.54 Å². The van der Waals surface area contributed by atoms with Gasteiger partial charge in [0, 0.05) is 30.3 Å². The zero-order chi connectivity index (χ0) is 22.8. The number of aromatic nitrogens is 1. The Kier molecular flexibility index (Phi) is 6.05. The number of carbonyl (C=O) groups excluding carboxylic acids is 1. The molecule has 1 amide bonds. The minimum absolute atomic E-state index is 0.245. The van der Waals surface area contributed by atoms with Crippen molar-refractivity contribution >= 4 is 5.91 Å². The molecule has 0 spiro atoms. The van der Waals surface area contributed by atoms with Crippen molar-refractivity contribution in [2.24, 2.45) is 0 Å². The lowest BCUT2D eigenvalue weighted by Crippen LogP contribution is -2.43. The highest BCUT2D eigenvalue weighted by Gasteiger charge is 2.39. The number of amides is 1. The maximum atomic E-state index is 12.6. The molecule has 0 aliphatic carbocycles. The molecule has 33 heavy (non-hydrogen) atoms. The number of benzene rings is 2. The van der Waals surface area contributed by atoms with E-state index in [1.807, 2.05) is 48.5 Å². The lowest BCUT2D eigenvalue weighted by molar-refractivity contribution is 0.0661. The van der Waals surface area contributed by atoms with Crippen molar-refractivity contribution < 1.29 is 18.8 Å². The third-order valence-corrected chi connectivity index (χ3v) is 6.83. The van der Waals surface area contributed by atoms with Gasteiger partial charge >= 0.3 is 0 Å². The lowest BCUT2D eigenvalue weighted by atomic mass is 10.0. The molecule has 3 atom stereocenters. The summed E-state index contributed by atoms with van der Waals surface area (Å²) in [6.45, 7) is 0.388. The first-order valence-corrected chi connectivity index (χ1v) is 11.5. The van der Waals surface area contributed by atoms with Crippen LogP contribution >= 0.6 is 0 Å². The molecule has 0 unspecified atom stereocenters. The molecule has 7 heteroatoms. The number of methoxy groups -OCH3 is 1. The fourth-order valence-corrected chi connectivity index (χ4v) is 4.93. The van der Waals surface area contributed by atoms with Crippen molar-refractivity contribution in [2.45, 2.75) is 50.4 Å². The minimum atomic E-state index is -0.281. The zero-order valence-electron chi connectivity index (χ0n) is 19.0. The van der Waals surface area contributed by atoms with E-state index in [4.69, 9.17) is 14.0 Å². The van der Waals surface area contributed by atoms with Crippen LogP contribution in [0.1, 0.15) is 41.7 Å². The number of rotatable bonds is 7. The Morgan fingerprint density at radius 3 is 2.58 bits per heavy atom. The molecule has 2 saturated heterocycles. The Balaban J connectivity index is 1.17. The van der Waals surface area contributed by atoms with Crippen LogP contribution in [0.3, 0.4) is 0 Å². The Labute approximate surface area is 193 Å². The van der Waals surface area contributed by atoms with E-state index in [2.05, 4.69) is 22.4 Å².